The first-order valence-electron chi connectivity index (χ1n) is 13.0. The first kappa shape index (κ1) is 28.7. The number of aromatic nitrogens is 2. The number of ether oxygens (including phenoxy) is 1. The van der Waals surface area contributed by atoms with Gasteiger partial charge in [0.1, 0.15) is 22.9 Å². The number of nitrogens with one attached hydrogen (secondary N) is 2. The average molecular weight is 591 g/mol. The van der Waals surface area contributed by atoms with E-state index in [-0.39, 0.29) is 24.4 Å². The predicted octanol–water partition coefficient (Wildman–Crippen LogP) is 4.01. The zero-order valence-corrected chi connectivity index (χ0v) is 23.3. The molecular weight excluding hydrogens is 561 g/mol. The van der Waals surface area contributed by atoms with E-state index in [1.807, 2.05) is 31.2 Å². The lowest BCUT2D eigenvalue weighted by molar-refractivity contribution is -0.136. The number of hydrogen-bond acceptors (Lipinski definition) is 6. The van der Waals surface area contributed by atoms with Crippen molar-refractivity contribution in [3.63, 3.8) is 0 Å². The van der Waals surface area contributed by atoms with Crippen LogP contribution in [0.25, 0.3) is 5.69 Å². The van der Waals surface area contributed by atoms with Gasteiger partial charge in [-0.05, 0) is 67.1 Å². The Hall–Kier alpha value is -3.87. The largest absolute Gasteiger partial charge is 0.494 e. The van der Waals surface area contributed by atoms with Crippen LogP contribution >= 0.6 is 0 Å². The second kappa shape index (κ2) is 10.5. The lowest BCUT2D eigenvalue weighted by atomic mass is 9.82. The van der Waals surface area contributed by atoms with Gasteiger partial charge in [-0.3, -0.25) is 9.59 Å². The molecule has 1 aliphatic heterocycles. The van der Waals surface area contributed by atoms with Gasteiger partial charge in [-0.2, -0.15) is 18.3 Å². The van der Waals surface area contributed by atoms with Gasteiger partial charge in [0.2, 0.25) is 5.91 Å². The maximum absolute atomic E-state index is 13.6. The maximum atomic E-state index is 13.6. The zero-order valence-electron chi connectivity index (χ0n) is 22.5. The first-order valence-corrected chi connectivity index (χ1v) is 15.1. The minimum absolute atomic E-state index is 0.0617. The Kier molecular flexibility index (Phi) is 7.35. The highest BCUT2D eigenvalue weighted by atomic mass is 32.2. The molecule has 5 rings (SSSR count). The van der Waals surface area contributed by atoms with E-state index in [1.54, 1.807) is 18.2 Å². The highest BCUT2D eigenvalue weighted by Gasteiger charge is 2.46. The SMILES string of the molecule is Cc1cccc(-n2nc3c(c2NC(=O)CS(C)(=O)=O)C(=O)N[C@@]2(CCc4cc(OCCCC(F)(F)F)ccc42)C3)c1. The van der Waals surface area contributed by atoms with Crippen molar-refractivity contribution >= 4 is 27.5 Å². The van der Waals surface area contributed by atoms with Crippen LogP contribution in [-0.2, 0) is 33.0 Å². The van der Waals surface area contributed by atoms with E-state index in [2.05, 4.69) is 10.6 Å². The minimum Gasteiger partial charge on any atom is -0.494 e. The van der Waals surface area contributed by atoms with E-state index < -0.39 is 45.5 Å². The van der Waals surface area contributed by atoms with Gasteiger partial charge in [-0.25, -0.2) is 13.1 Å². The molecule has 0 bridgehead atoms. The Balaban J connectivity index is 1.45. The van der Waals surface area contributed by atoms with Gasteiger partial charge < -0.3 is 15.4 Å². The molecule has 2 aliphatic rings. The van der Waals surface area contributed by atoms with E-state index in [9.17, 15) is 31.2 Å². The number of sulfone groups is 1. The number of carbonyl (C=O) groups excluding carboxylic acids is 2. The Morgan fingerprint density at radius 2 is 2.00 bits per heavy atom. The topological polar surface area (TPSA) is 119 Å². The predicted molar refractivity (Wildman–Crippen MR) is 145 cm³/mol. The van der Waals surface area contributed by atoms with Crippen molar-refractivity contribution in [2.45, 2.75) is 50.7 Å². The van der Waals surface area contributed by atoms with Crippen LogP contribution < -0.4 is 15.4 Å². The molecule has 9 nitrogen and oxygen atoms in total. The molecule has 2 heterocycles. The summed E-state index contributed by atoms with van der Waals surface area (Å²) in [5.41, 5.74) is 3.14. The fourth-order valence-electron chi connectivity index (χ4n) is 5.50. The number of carbonyl (C=O) groups is 2. The number of alkyl halides is 3. The summed E-state index contributed by atoms with van der Waals surface area (Å²) < 4.78 is 67.7. The number of benzene rings is 2. The molecule has 0 fully saturated rings. The van der Waals surface area contributed by atoms with Gasteiger partial charge in [0.15, 0.2) is 9.84 Å². The smallest absolute Gasteiger partial charge is 0.389 e. The molecule has 1 aromatic heterocycles. The summed E-state index contributed by atoms with van der Waals surface area (Å²) >= 11 is 0. The molecule has 41 heavy (non-hydrogen) atoms. The summed E-state index contributed by atoms with van der Waals surface area (Å²) in [4.78, 5) is 26.3. The minimum atomic E-state index is -4.23. The molecule has 2 N–H and O–H groups in total. The molecule has 218 valence electrons. The van der Waals surface area contributed by atoms with Gasteiger partial charge in [-0.15, -0.1) is 0 Å². The lowest BCUT2D eigenvalue weighted by Crippen LogP contribution is -2.49. The van der Waals surface area contributed by atoms with E-state index in [4.69, 9.17) is 9.84 Å². The molecule has 2 amide bonds. The Labute approximate surface area is 235 Å². The summed E-state index contributed by atoms with van der Waals surface area (Å²) in [7, 11) is -3.62. The summed E-state index contributed by atoms with van der Waals surface area (Å²) in [5, 5.41) is 10.4. The maximum Gasteiger partial charge on any atom is 0.389 e. The number of fused-ring (bicyclic) bond motifs is 3. The quantitative estimate of drug-likeness (QED) is 0.383. The molecule has 0 saturated heterocycles. The summed E-state index contributed by atoms with van der Waals surface area (Å²) in [5.74, 6) is -1.44. The van der Waals surface area contributed by atoms with E-state index in [1.165, 1.54) is 4.68 Å². The Morgan fingerprint density at radius 1 is 1.22 bits per heavy atom. The van der Waals surface area contributed by atoms with Crippen LogP contribution in [0.5, 0.6) is 5.75 Å². The fraction of sp³-hybridized carbons (Fsp3) is 0.393. The summed E-state index contributed by atoms with van der Waals surface area (Å²) in [6.45, 7) is 1.83. The normalized spacial score (nSPS) is 18.1. The highest BCUT2D eigenvalue weighted by Crippen LogP contribution is 2.44. The molecule has 1 aliphatic carbocycles. The molecule has 0 radical (unpaired) electrons. The number of halogens is 3. The Morgan fingerprint density at radius 3 is 2.71 bits per heavy atom. The van der Waals surface area contributed by atoms with Gasteiger partial charge in [0.25, 0.3) is 5.91 Å². The van der Waals surface area contributed by atoms with E-state index in [0.29, 0.717) is 36.4 Å². The third-order valence-electron chi connectivity index (χ3n) is 7.19. The molecule has 13 heteroatoms. The number of anilines is 1. The third-order valence-corrected chi connectivity index (χ3v) is 7.98. The van der Waals surface area contributed by atoms with Crippen molar-refractivity contribution in [2.24, 2.45) is 0 Å². The number of nitrogens with zero attached hydrogens (tertiary/aromatic N) is 2. The van der Waals surface area contributed by atoms with Crippen LogP contribution in [0.1, 0.15) is 52.0 Å². The standard InChI is InChI=1S/C28H29F3N4O5S/c1-17-5-3-6-19(13-17)35-25(32-23(36)16-41(2,38)39)24-22(34-35)15-27(33-26(24)37)11-9-18-14-20(7-8-21(18)27)40-12-4-10-28(29,30)31/h3,5-8,13-14H,4,9-12,15-16H2,1-2H3,(H,32,36)(H,33,37)/t27-/m0/s1. The van der Waals surface area contributed by atoms with Crippen molar-refractivity contribution < 1.29 is 35.9 Å². The lowest BCUT2D eigenvalue weighted by Gasteiger charge is -2.35. The van der Waals surface area contributed by atoms with E-state index >= 15 is 0 Å². The summed E-state index contributed by atoms with van der Waals surface area (Å²) in [6.07, 6.45) is -2.83. The second-order valence-electron chi connectivity index (χ2n) is 10.6. The van der Waals surface area contributed by atoms with Crippen LogP contribution in [0.4, 0.5) is 19.0 Å². The number of hydrogen-bond donors (Lipinski definition) is 2. The molecule has 0 saturated carbocycles. The molecule has 0 unspecified atom stereocenters. The average Bonchev–Trinajstić information content (AvgIpc) is 3.38. The first-order chi connectivity index (χ1) is 19.2. The third kappa shape index (κ3) is 6.24. The molecule has 1 spiro atoms. The summed E-state index contributed by atoms with van der Waals surface area (Å²) in [6, 6.07) is 12.6. The number of aryl methyl sites for hydroxylation is 2. The number of amides is 2. The van der Waals surface area contributed by atoms with Crippen LogP contribution in [0, 0.1) is 6.92 Å². The van der Waals surface area contributed by atoms with Gasteiger partial charge >= 0.3 is 6.18 Å². The van der Waals surface area contributed by atoms with Gasteiger partial charge in [0, 0.05) is 19.1 Å². The zero-order chi connectivity index (χ0) is 29.6. The van der Waals surface area contributed by atoms with Crippen molar-refractivity contribution in [1.29, 1.82) is 0 Å². The number of rotatable bonds is 8. The van der Waals surface area contributed by atoms with Gasteiger partial charge in [-0.1, -0.05) is 18.2 Å². The van der Waals surface area contributed by atoms with Crippen LogP contribution in [0.2, 0.25) is 0 Å². The van der Waals surface area contributed by atoms with Crippen molar-refractivity contribution in [2.75, 3.05) is 23.9 Å². The molecule has 1 atom stereocenters. The van der Waals surface area contributed by atoms with Gasteiger partial charge in [0.05, 0.1) is 23.5 Å². The molecular formula is C28H29F3N4O5S. The highest BCUT2D eigenvalue weighted by molar-refractivity contribution is 7.91. The van der Waals surface area contributed by atoms with E-state index in [0.717, 1.165) is 22.9 Å². The van der Waals surface area contributed by atoms with Crippen LogP contribution in [-0.4, -0.2) is 54.8 Å². The van der Waals surface area contributed by atoms with Crippen molar-refractivity contribution in [3.05, 3.63) is 70.4 Å². The monoisotopic (exact) mass is 590 g/mol. The second-order valence-corrected chi connectivity index (χ2v) is 12.8. The molecule has 3 aromatic rings. The van der Waals surface area contributed by atoms with Crippen molar-refractivity contribution in [1.82, 2.24) is 15.1 Å². The fourth-order valence-corrected chi connectivity index (χ4v) is 6.04. The van der Waals surface area contributed by atoms with Crippen LogP contribution in [0.3, 0.4) is 0 Å². The van der Waals surface area contributed by atoms with Crippen LogP contribution in [0.15, 0.2) is 42.5 Å². The molecule has 2 aromatic carbocycles. The van der Waals surface area contributed by atoms with Crippen molar-refractivity contribution in [3.8, 4) is 11.4 Å². The Bertz CT molecular complexity index is 1630.